The summed E-state index contributed by atoms with van der Waals surface area (Å²) in [6.45, 7) is 5.03. The van der Waals surface area contributed by atoms with Crippen molar-refractivity contribution in [1.82, 2.24) is 9.97 Å². The van der Waals surface area contributed by atoms with Crippen molar-refractivity contribution in [1.29, 1.82) is 0 Å². The molecule has 0 saturated carbocycles. The van der Waals surface area contributed by atoms with E-state index in [0.717, 1.165) is 35.5 Å². The Hall–Kier alpha value is -2.30. The van der Waals surface area contributed by atoms with Crippen molar-refractivity contribution in [3.8, 4) is 5.75 Å². The first kappa shape index (κ1) is 17.1. The lowest BCUT2D eigenvalue weighted by atomic mass is 10.0. The number of nitrogen functional groups attached to an aromatic ring is 1. The summed E-state index contributed by atoms with van der Waals surface area (Å²) in [5, 5.41) is 3.25. The number of methoxy groups -OCH3 is 1. The van der Waals surface area contributed by atoms with E-state index in [1.165, 1.54) is 12.8 Å². The van der Waals surface area contributed by atoms with Gasteiger partial charge in [0, 0.05) is 24.2 Å². The van der Waals surface area contributed by atoms with Crippen molar-refractivity contribution in [2.75, 3.05) is 24.7 Å². The number of hydrogen-bond acceptors (Lipinski definition) is 5. The van der Waals surface area contributed by atoms with Gasteiger partial charge in [-0.3, -0.25) is 0 Å². The van der Waals surface area contributed by atoms with Gasteiger partial charge in [-0.1, -0.05) is 38.0 Å². The molecule has 0 amide bonds. The molecule has 5 nitrogen and oxygen atoms in total. The number of para-hydroxylation sites is 1. The molecule has 2 aromatic rings. The zero-order valence-electron chi connectivity index (χ0n) is 14.2. The maximum atomic E-state index is 6.16. The third-order valence-electron chi connectivity index (χ3n) is 3.87. The third-order valence-corrected chi connectivity index (χ3v) is 3.87. The van der Waals surface area contributed by atoms with E-state index in [0.29, 0.717) is 18.2 Å². The maximum Gasteiger partial charge on any atom is 0.224 e. The minimum atomic E-state index is 0.529. The number of benzene rings is 1. The van der Waals surface area contributed by atoms with E-state index < -0.39 is 0 Å². The molecule has 0 bridgehead atoms. The highest BCUT2D eigenvalue weighted by molar-refractivity contribution is 5.50. The number of anilines is 2. The van der Waals surface area contributed by atoms with E-state index in [4.69, 9.17) is 10.5 Å². The second-order valence-corrected chi connectivity index (χ2v) is 5.62. The molecule has 2 rings (SSSR count). The number of rotatable bonds is 8. The van der Waals surface area contributed by atoms with E-state index in [1.807, 2.05) is 31.2 Å². The molecular formula is C18H26N4O. The second-order valence-electron chi connectivity index (χ2n) is 5.62. The van der Waals surface area contributed by atoms with Crippen LogP contribution in [0.1, 0.15) is 43.0 Å². The highest BCUT2D eigenvalue weighted by Gasteiger charge is 2.12. The van der Waals surface area contributed by atoms with Crippen LogP contribution in [0.5, 0.6) is 5.75 Å². The Labute approximate surface area is 138 Å². The number of aryl methyl sites for hydroxylation is 1. The monoisotopic (exact) mass is 314 g/mol. The van der Waals surface area contributed by atoms with Crippen molar-refractivity contribution in [3.05, 3.63) is 41.1 Å². The Morgan fingerprint density at radius 3 is 2.65 bits per heavy atom. The molecule has 1 aromatic carbocycles. The molecule has 0 radical (unpaired) electrons. The van der Waals surface area contributed by atoms with Crippen LogP contribution in [0.4, 0.5) is 11.8 Å². The molecule has 1 aromatic heterocycles. The van der Waals surface area contributed by atoms with Crippen LogP contribution < -0.4 is 15.8 Å². The normalized spacial score (nSPS) is 10.6. The van der Waals surface area contributed by atoms with Gasteiger partial charge in [-0.05, 0) is 25.0 Å². The lowest BCUT2D eigenvalue weighted by Gasteiger charge is -2.13. The van der Waals surface area contributed by atoms with Crippen LogP contribution in [0.25, 0.3) is 0 Å². The first-order valence-electron chi connectivity index (χ1n) is 8.14. The fraction of sp³-hybridized carbons (Fsp3) is 0.444. The Morgan fingerprint density at radius 1 is 1.17 bits per heavy atom. The lowest BCUT2D eigenvalue weighted by Crippen LogP contribution is -2.11. The summed E-state index contributed by atoms with van der Waals surface area (Å²) in [6.07, 6.45) is 4.18. The van der Waals surface area contributed by atoms with Crippen LogP contribution in [0.2, 0.25) is 0 Å². The van der Waals surface area contributed by atoms with Gasteiger partial charge in [0.15, 0.2) is 0 Å². The van der Waals surface area contributed by atoms with Gasteiger partial charge in [0.1, 0.15) is 11.6 Å². The highest BCUT2D eigenvalue weighted by atomic mass is 16.5. The number of ether oxygens (including phenoxy) is 1. The summed E-state index contributed by atoms with van der Waals surface area (Å²) in [4.78, 5) is 8.94. The molecule has 0 aliphatic heterocycles. The fourth-order valence-corrected chi connectivity index (χ4v) is 2.53. The largest absolute Gasteiger partial charge is 0.496 e. The molecule has 1 heterocycles. The van der Waals surface area contributed by atoms with Gasteiger partial charge >= 0.3 is 0 Å². The molecular weight excluding hydrogens is 288 g/mol. The van der Waals surface area contributed by atoms with Crippen LogP contribution in [0, 0.1) is 6.92 Å². The van der Waals surface area contributed by atoms with Crippen LogP contribution in [-0.2, 0) is 6.42 Å². The number of aromatic nitrogens is 2. The van der Waals surface area contributed by atoms with Gasteiger partial charge < -0.3 is 15.8 Å². The molecule has 23 heavy (non-hydrogen) atoms. The molecule has 0 atom stereocenters. The van der Waals surface area contributed by atoms with Crippen LogP contribution >= 0.6 is 0 Å². The molecule has 124 valence electrons. The van der Waals surface area contributed by atoms with Crippen LogP contribution in [0.15, 0.2) is 24.3 Å². The Kier molecular flexibility index (Phi) is 6.20. The molecule has 0 aliphatic rings. The van der Waals surface area contributed by atoms with Crippen molar-refractivity contribution < 1.29 is 4.74 Å². The predicted molar refractivity (Wildman–Crippen MR) is 95.0 cm³/mol. The van der Waals surface area contributed by atoms with Gasteiger partial charge in [-0.2, -0.15) is 4.98 Å². The molecule has 0 saturated heterocycles. The number of hydrogen-bond donors (Lipinski definition) is 2. The van der Waals surface area contributed by atoms with Crippen LogP contribution in [0.3, 0.4) is 0 Å². The van der Waals surface area contributed by atoms with E-state index >= 15 is 0 Å². The Morgan fingerprint density at radius 2 is 1.96 bits per heavy atom. The SMILES string of the molecule is CCCCCNc1nc(C)c(Cc2ccccc2OC)c(N)n1. The van der Waals surface area contributed by atoms with E-state index in [1.54, 1.807) is 7.11 Å². The van der Waals surface area contributed by atoms with Gasteiger partial charge in [0.05, 0.1) is 7.11 Å². The Bertz CT molecular complexity index is 620. The highest BCUT2D eigenvalue weighted by Crippen LogP contribution is 2.25. The molecule has 0 fully saturated rings. The first-order valence-corrected chi connectivity index (χ1v) is 8.14. The number of nitrogens with one attached hydrogen (secondary N) is 1. The zero-order chi connectivity index (χ0) is 16.7. The quantitative estimate of drug-likeness (QED) is 0.729. The topological polar surface area (TPSA) is 73.1 Å². The molecule has 0 unspecified atom stereocenters. The first-order chi connectivity index (χ1) is 11.2. The minimum Gasteiger partial charge on any atom is -0.496 e. The smallest absolute Gasteiger partial charge is 0.224 e. The number of unbranched alkanes of at least 4 members (excludes halogenated alkanes) is 2. The molecule has 0 aliphatic carbocycles. The summed E-state index contributed by atoms with van der Waals surface area (Å²) in [5.74, 6) is 1.99. The zero-order valence-corrected chi connectivity index (χ0v) is 14.2. The number of nitrogens with two attached hydrogens (primary N) is 1. The third kappa shape index (κ3) is 4.58. The van der Waals surface area contributed by atoms with Crippen molar-refractivity contribution >= 4 is 11.8 Å². The summed E-state index contributed by atoms with van der Waals surface area (Å²) in [6, 6.07) is 7.94. The Balaban J connectivity index is 2.14. The van der Waals surface area contributed by atoms with E-state index in [2.05, 4.69) is 22.2 Å². The summed E-state index contributed by atoms with van der Waals surface area (Å²) >= 11 is 0. The summed E-state index contributed by atoms with van der Waals surface area (Å²) in [7, 11) is 1.68. The van der Waals surface area contributed by atoms with Gasteiger partial charge in [0.25, 0.3) is 0 Å². The molecule has 5 heteroatoms. The van der Waals surface area contributed by atoms with E-state index in [-0.39, 0.29) is 0 Å². The summed E-state index contributed by atoms with van der Waals surface area (Å²) < 4.78 is 5.40. The van der Waals surface area contributed by atoms with Gasteiger partial charge in [0.2, 0.25) is 5.95 Å². The molecule has 3 N–H and O–H groups in total. The number of nitrogens with zero attached hydrogens (tertiary/aromatic N) is 2. The second kappa shape index (κ2) is 8.36. The van der Waals surface area contributed by atoms with E-state index in [9.17, 15) is 0 Å². The lowest BCUT2D eigenvalue weighted by molar-refractivity contribution is 0.410. The van der Waals surface area contributed by atoms with Gasteiger partial charge in [-0.15, -0.1) is 0 Å². The molecule has 0 spiro atoms. The maximum absolute atomic E-state index is 6.16. The average molecular weight is 314 g/mol. The predicted octanol–water partition coefficient (Wildman–Crippen LogP) is 3.57. The van der Waals surface area contributed by atoms with Crippen molar-refractivity contribution in [2.24, 2.45) is 0 Å². The summed E-state index contributed by atoms with van der Waals surface area (Å²) in [5.41, 5.74) is 9.10. The van der Waals surface area contributed by atoms with Crippen LogP contribution in [-0.4, -0.2) is 23.6 Å². The van der Waals surface area contributed by atoms with Crippen molar-refractivity contribution in [3.63, 3.8) is 0 Å². The van der Waals surface area contributed by atoms with Crippen molar-refractivity contribution in [2.45, 2.75) is 39.5 Å². The average Bonchev–Trinajstić information content (AvgIpc) is 2.55. The van der Waals surface area contributed by atoms with Gasteiger partial charge in [-0.25, -0.2) is 4.98 Å². The standard InChI is InChI=1S/C18H26N4O/c1-4-5-8-11-20-18-21-13(2)15(17(19)22-18)12-14-9-6-7-10-16(14)23-3/h6-7,9-10H,4-5,8,11-12H2,1-3H3,(H3,19,20,21,22). The minimum absolute atomic E-state index is 0.529. The fourth-order valence-electron chi connectivity index (χ4n) is 2.53.